The number of piperidine rings is 1. The summed E-state index contributed by atoms with van der Waals surface area (Å²) in [5, 5.41) is 16.1. The molecule has 0 unspecified atom stereocenters. The van der Waals surface area contributed by atoms with Crippen LogP contribution in [0.1, 0.15) is 152 Å². The lowest BCUT2D eigenvalue weighted by molar-refractivity contribution is -0.134. The van der Waals surface area contributed by atoms with Gasteiger partial charge in [-0.2, -0.15) is 0 Å². The fraction of sp³-hybridized carbons (Fsp3) is 0.905. The van der Waals surface area contributed by atoms with E-state index < -0.39 is 0 Å². The van der Waals surface area contributed by atoms with Crippen LogP contribution in [0.4, 0.5) is 4.79 Å². The fourth-order valence-electron chi connectivity index (χ4n) is 11.3. The lowest BCUT2D eigenvalue weighted by atomic mass is 9.47. The third-order valence-electron chi connectivity index (χ3n) is 14.4. The van der Waals surface area contributed by atoms with E-state index in [9.17, 15) is 14.7 Å². The van der Waals surface area contributed by atoms with Crippen LogP contribution >= 0.6 is 0 Å². The van der Waals surface area contributed by atoms with Crippen molar-refractivity contribution in [3.8, 4) is 0 Å². The summed E-state index contributed by atoms with van der Waals surface area (Å²) in [4.78, 5) is 27.2. The highest BCUT2D eigenvalue weighted by atomic mass is 16.6. The number of ether oxygens (including phenoxy) is 1. The Balaban J connectivity index is 0.00000188. The Morgan fingerprint density at radius 1 is 1.02 bits per heavy atom. The molecule has 0 aromatic heterocycles. The van der Waals surface area contributed by atoms with Gasteiger partial charge in [0.15, 0.2) is 0 Å². The first-order chi connectivity index (χ1) is 24.4. The summed E-state index contributed by atoms with van der Waals surface area (Å²) in [7, 11) is 1.29. The lowest BCUT2D eigenvalue weighted by Gasteiger charge is -2.58. The lowest BCUT2D eigenvalue weighted by Crippen LogP contribution is -2.51. The summed E-state index contributed by atoms with van der Waals surface area (Å²) < 4.78 is 19.4. The molecule has 1 heterocycles. The van der Waals surface area contributed by atoms with Crippen molar-refractivity contribution in [1.82, 2.24) is 10.2 Å². The Morgan fingerprint density at radius 3 is 2.47 bits per heavy atom. The van der Waals surface area contributed by atoms with Gasteiger partial charge in [0.2, 0.25) is 7.34 Å². The number of amides is 2. The highest BCUT2D eigenvalue weighted by molar-refractivity contribution is 5.76. The predicted molar refractivity (Wildman–Crippen MR) is 199 cm³/mol. The topological polar surface area (TPSA) is 99.1 Å². The number of hydrogen-bond donors (Lipinski definition) is 3. The number of fused-ring (bicyclic) bond motifs is 5. The molecule has 0 aromatic carbocycles. The van der Waals surface area contributed by atoms with E-state index in [1.165, 1.54) is 58.5 Å². The Bertz CT molecular complexity index is 1140. The molecule has 0 aromatic rings. The van der Waals surface area contributed by atoms with Gasteiger partial charge in [-0.25, -0.2) is 4.79 Å². The van der Waals surface area contributed by atoms with Gasteiger partial charge < -0.3 is 25.2 Å². The molecule has 3 N–H and O–H groups in total. The van der Waals surface area contributed by atoms with Gasteiger partial charge in [-0.15, -0.1) is 0 Å². The first kappa shape index (κ1) is 37.2. The number of unbranched alkanes of at least 4 members (excludes halogenated alkanes) is 2. The third-order valence-corrected chi connectivity index (χ3v) is 14.4. The number of alkyl carbamates (subject to hydrolysis) is 1. The van der Waals surface area contributed by atoms with E-state index in [4.69, 9.17) is 7.54 Å². The summed E-state index contributed by atoms with van der Waals surface area (Å²) in [6, 6.07) is 0. The van der Waals surface area contributed by atoms with Crippen LogP contribution in [-0.4, -0.2) is 68.0 Å². The molecular weight excluding hydrogens is 612 g/mol. The maximum absolute atomic E-state index is 12.7. The second kappa shape index (κ2) is 17.8. The van der Waals surface area contributed by atoms with Crippen molar-refractivity contribution in [2.45, 2.75) is 157 Å². The zero-order valence-corrected chi connectivity index (χ0v) is 32.2. The molecule has 0 spiro atoms. The van der Waals surface area contributed by atoms with Crippen molar-refractivity contribution < 1.29 is 25.9 Å². The molecule has 4 aliphatic carbocycles. The molecule has 7 heteroatoms. The van der Waals surface area contributed by atoms with Gasteiger partial charge in [0.25, 0.3) is 0 Å². The van der Waals surface area contributed by atoms with Crippen LogP contribution in [0.25, 0.3) is 0 Å². The number of aliphatic hydroxyl groups excluding tert-OH is 2. The predicted octanol–water partition coefficient (Wildman–Crippen LogP) is 8.91. The second-order valence-electron chi connectivity index (χ2n) is 17.8. The van der Waals surface area contributed by atoms with Crippen molar-refractivity contribution in [3.63, 3.8) is 0 Å². The minimum Gasteiger partial charge on any atom is -0.446 e. The molecule has 49 heavy (non-hydrogen) atoms. The smallest absolute Gasteiger partial charge is 0.407 e. The maximum Gasteiger partial charge on any atom is 0.407 e. The number of rotatable bonds is 13. The van der Waals surface area contributed by atoms with E-state index in [-0.39, 0.29) is 42.4 Å². The Hall–Kier alpha value is -1.60. The maximum atomic E-state index is 12.7. The molecule has 5 aliphatic rings. The monoisotopic (exact) mass is 691 g/mol. The molecule has 3 saturated carbocycles. The van der Waals surface area contributed by atoms with Gasteiger partial charge in [-0.1, -0.05) is 78.9 Å². The minimum atomic E-state index is -0.326. The Morgan fingerprint density at radius 2 is 1.78 bits per heavy atom. The molecule has 8 atom stereocenters. The highest BCUT2D eigenvalue weighted by Gasteiger charge is 2.59. The van der Waals surface area contributed by atoms with E-state index in [2.05, 4.69) is 51.1 Å². The zero-order chi connectivity index (χ0) is 37.2. The molecule has 5 rings (SSSR count). The first-order valence-electron chi connectivity index (χ1n) is 21.3. The molecule has 1 aliphatic heterocycles. The van der Waals surface area contributed by atoms with Crippen LogP contribution < -0.4 is 5.32 Å². The SMILES string of the molecule is [3H]CC1(CO)CCN(C(=O)CCCCCNC(=O)O[C@H]2CC[C@@]3(C)C(=CC[C@H]4[C@@H]5CC[C@H]([C@H](C)CCCC(C)C)[C@@]5(C)CC[C@@H]43)C2)CC1.[3H]OC. The van der Waals surface area contributed by atoms with E-state index in [0.717, 1.165) is 74.0 Å². The number of aliphatic hydroxyl groups is 2. The number of hydrogen-bond acceptors (Lipinski definition) is 5. The first-order valence-corrected chi connectivity index (χ1v) is 20.2. The van der Waals surface area contributed by atoms with Crippen LogP contribution in [0.5, 0.6) is 0 Å². The van der Waals surface area contributed by atoms with Gasteiger partial charge in [-0.05, 0) is 122 Å². The second-order valence-corrected chi connectivity index (χ2v) is 17.8. The largest absolute Gasteiger partial charge is 0.446 e. The summed E-state index contributed by atoms with van der Waals surface area (Å²) in [5.41, 5.74) is 2.01. The van der Waals surface area contributed by atoms with E-state index in [1.54, 1.807) is 5.57 Å². The zero-order valence-electron chi connectivity index (χ0n) is 34.2. The molecule has 2 amide bonds. The molecule has 0 bridgehead atoms. The van der Waals surface area contributed by atoms with Crippen LogP contribution in [0.15, 0.2) is 11.6 Å². The summed E-state index contributed by atoms with van der Waals surface area (Å²) >= 11 is 0. The standard InChI is InChI=1S/C41H70N2O4.CH4O/c1-29(2)11-10-12-30(3)34-16-17-35-33-15-14-31-27-32(18-20-40(31,5)36(33)19-21-41(34,35)6)47-38(46)42-24-9-7-8-13-37(45)43-25-22-39(4,28-44)23-26-43;1-2/h14,29-30,32-36,44H,7-13,15-28H2,1-6H3,(H,42,46);2H,1H3/t30-,32+,33+,34-,35+,36+,40+,41-;/m1./s1/i4T;2T. The van der Waals surface area contributed by atoms with Crippen LogP contribution in [0.3, 0.4) is 0 Å². The third kappa shape index (κ3) is 9.45. The van der Waals surface area contributed by atoms with Gasteiger partial charge in [0.1, 0.15) is 6.10 Å². The van der Waals surface area contributed by atoms with Crippen molar-refractivity contribution >= 4 is 12.0 Å². The van der Waals surface area contributed by atoms with Gasteiger partial charge in [0, 0.05) is 47.6 Å². The van der Waals surface area contributed by atoms with Crippen LogP contribution in [0, 0.1) is 51.8 Å². The van der Waals surface area contributed by atoms with Gasteiger partial charge >= 0.3 is 6.09 Å². The average molecular weight is 691 g/mol. The van der Waals surface area contributed by atoms with Crippen molar-refractivity contribution in [2.75, 3.05) is 33.4 Å². The normalized spacial score (nSPS) is 34.6. The molecule has 7 nitrogen and oxygen atoms in total. The number of likely N-dealkylation sites (tertiary alicyclic amines) is 1. The van der Waals surface area contributed by atoms with Crippen molar-refractivity contribution in [2.24, 2.45) is 51.8 Å². The van der Waals surface area contributed by atoms with Crippen LogP contribution in [0.2, 0.25) is 0 Å². The number of carbonyl (C=O) groups excluding carboxylic acids is 2. The minimum absolute atomic E-state index is 0.0286. The fourth-order valence-corrected chi connectivity index (χ4v) is 11.3. The number of nitrogens with zero attached hydrogens (tertiary/aromatic N) is 1. The number of carbonyl (C=O) groups is 2. The molecule has 0 radical (unpaired) electrons. The summed E-state index contributed by atoms with van der Waals surface area (Å²) in [6.07, 6.45) is 20.7. The van der Waals surface area contributed by atoms with E-state index in [0.29, 0.717) is 44.3 Å². The van der Waals surface area contributed by atoms with Crippen molar-refractivity contribution in [1.29, 1.82) is 1.43 Å². The summed E-state index contributed by atoms with van der Waals surface area (Å²) in [5.74, 6) is 5.19. The Kier molecular flexibility index (Phi) is 13.5. The van der Waals surface area contributed by atoms with Gasteiger partial charge in [0.05, 0.1) is 0 Å². The van der Waals surface area contributed by atoms with Gasteiger partial charge in [-0.3, -0.25) is 4.79 Å². The molecule has 282 valence electrons. The number of nitrogens with one attached hydrogen (secondary N) is 1. The molecular formula is C42H74N2O5. The van der Waals surface area contributed by atoms with Crippen LogP contribution in [-0.2, 0) is 9.53 Å². The molecule has 4 fully saturated rings. The highest BCUT2D eigenvalue weighted by Crippen LogP contribution is 2.67. The molecule has 1 saturated heterocycles. The quantitative estimate of drug-likeness (QED) is 0.132. The summed E-state index contributed by atoms with van der Waals surface area (Å²) in [6.45, 7) is 14.6. The average Bonchev–Trinajstić information content (AvgIpc) is 3.47. The van der Waals surface area contributed by atoms with E-state index in [1.807, 2.05) is 4.90 Å². The Labute approximate surface area is 302 Å². The van der Waals surface area contributed by atoms with E-state index >= 15 is 0 Å². The number of allylic oxidation sites excluding steroid dienone is 1. The van der Waals surface area contributed by atoms with Crippen molar-refractivity contribution in [3.05, 3.63) is 11.6 Å².